The van der Waals surface area contributed by atoms with Crippen molar-refractivity contribution in [3.8, 4) is 11.8 Å². The first kappa shape index (κ1) is 8.91. The summed E-state index contributed by atoms with van der Waals surface area (Å²) in [4.78, 5) is 0. The number of nitrogens with zero attached hydrogens (tertiary/aromatic N) is 4. The van der Waals surface area contributed by atoms with Crippen LogP contribution in [0.15, 0.2) is 35.1 Å². The molecule has 0 aliphatic rings. The van der Waals surface area contributed by atoms with Crippen LogP contribution in [0.25, 0.3) is 5.69 Å². The van der Waals surface area contributed by atoms with Gasteiger partial charge < -0.3 is 0 Å². The molecule has 0 fully saturated rings. The SMILES string of the molecule is N#Cc1ccc(-n2ccnn2)c(Br)c1. The van der Waals surface area contributed by atoms with E-state index in [9.17, 15) is 0 Å². The Kier molecular flexibility index (Phi) is 2.29. The number of hydrogen-bond donors (Lipinski definition) is 0. The van der Waals surface area contributed by atoms with Gasteiger partial charge in [0, 0.05) is 4.47 Å². The first-order valence-electron chi connectivity index (χ1n) is 3.87. The largest absolute Gasteiger partial charge is 0.220 e. The highest BCUT2D eigenvalue weighted by molar-refractivity contribution is 9.10. The maximum Gasteiger partial charge on any atom is 0.0992 e. The second-order valence-corrected chi connectivity index (χ2v) is 3.48. The Balaban J connectivity index is 2.52. The van der Waals surface area contributed by atoms with E-state index < -0.39 is 0 Å². The molecule has 0 saturated carbocycles. The smallest absolute Gasteiger partial charge is 0.0992 e. The number of aromatic nitrogens is 3. The topological polar surface area (TPSA) is 54.5 Å². The molecule has 0 bridgehead atoms. The molecule has 68 valence electrons. The molecule has 0 unspecified atom stereocenters. The Labute approximate surface area is 88.9 Å². The second kappa shape index (κ2) is 3.60. The van der Waals surface area contributed by atoms with Crippen molar-refractivity contribution in [2.75, 3.05) is 0 Å². The highest BCUT2D eigenvalue weighted by Crippen LogP contribution is 2.21. The van der Waals surface area contributed by atoms with Gasteiger partial charge in [-0.05, 0) is 34.1 Å². The predicted octanol–water partition coefficient (Wildman–Crippen LogP) is 1.90. The van der Waals surface area contributed by atoms with Gasteiger partial charge in [0.1, 0.15) is 0 Å². The number of rotatable bonds is 1. The van der Waals surface area contributed by atoms with Gasteiger partial charge in [-0.1, -0.05) is 5.21 Å². The molecule has 2 rings (SSSR count). The fourth-order valence-electron chi connectivity index (χ4n) is 1.10. The molecule has 0 spiro atoms. The van der Waals surface area contributed by atoms with Crippen LogP contribution in [-0.4, -0.2) is 15.0 Å². The maximum absolute atomic E-state index is 8.68. The molecule has 0 amide bonds. The summed E-state index contributed by atoms with van der Waals surface area (Å²) in [5.74, 6) is 0. The highest BCUT2D eigenvalue weighted by atomic mass is 79.9. The highest BCUT2D eigenvalue weighted by Gasteiger charge is 2.03. The average Bonchev–Trinajstić information content (AvgIpc) is 2.70. The Bertz CT molecular complexity index is 484. The molecule has 0 saturated heterocycles. The third kappa shape index (κ3) is 1.52. The Morgan fingerprint density at radius 2 is 2.29 bits per heavy atom. The van der Waals surface area contributed by atoms with E-state index in [0.29, 0.717) is 5.56 Å². The van der Waals surface area contributed by atoms with E-state index in [1.807, 2.05) is 6.07 Å². The molecule has 2 aromatic rings. The lowest BCUT2D eigenvalue weighted by Gasteiger charge is -2.02. The van der Waals surface area contributed by atoms with Gasteiger partial charge >= 0.3 is 0 Å². The molecule has 1 heterocycles. The fraction of sp³-hybridized carbons (Fsp3) is 0. The van der Waals surface area contributed by atoms with E-state index in [1.54, 1.807) is 29.2 Å². The Morgan fingerprint density at radius 3 is 2.86 bits per heavy atom. The number of hydrogen-bond acceptors (Lipinski definition) is 3. The van der Waals surface area contributed by atoms with E-state index in [4.69, 9.17) is 5.26 Å². The molecule has 1 aromatic carbocycles. The quantitative estimate of drug-likeness (QED) is 0.775. The molecule has 0 radical (unpaired) electrons. The van der Waals surface area contributed by atoms with Crippen LogP contribution in [0, 0.1) is 11.3 Å². The summed E-state index contributed by atoms with van der Waals surface area (Å²) in [6.45, 7) is 0. The summed E-state index contributed by atoms with van der Waals surface area (Å²) >= 11 is 3.37. The van der Waals surface area contributed by atoms with Crippen LogP contribution in [-0.2, 0) is 0 Å². The van der Waals surface area contributed by atoms with Gasteiger partial charge in [-0.25, -0.2) is 4.68 Å². The first-order valence-corrected chi connectivity index (χ1v) is 4.67. The summed E-state index contributed by atoms with van der Waals surface area (Å²) in [5.41, 5.74) is 1.47. The molecule has 0 aliphatic carbocycles. The summed E-state index contributed by atoms with van der Waals surface area (Å²) in [7, 11) is 0. The van der Waals surface area contributed by atoms with Crippen LogP contribution in [0.3, 0.4) is 0 Å². The summed E-state index contributed by atoms with van der Waals surface area (Å²) in [6, 6.07) is 7.37. The van der Waals surface area contributed by atoms with Crippen LogP contribution in [0.5, 0.6) is 0 Å². The minimum atomic E-state index is 0.612. The third-order valence-corrected chi connectivity index (χ3v) is 2.38. The van der Waals surface area contributed by atoms with Crippen molar-refractivity contribution in [3.05, 3.63) is 40.6 Å². The summed E-state index contributed by atoms with van der Waals surface area (Å²) in [6.07, 6.45) is 3.34. The lowest BCUT2D eigenvalue weighted by Crippen LogP contribution is -1.96. The van der Waals surface area contributed by atoms with Crippen LogP contribution < -0.4 is 0 Å². The zero-order valence-corrected chi connectivity index (χ0v) is 8.64. The van der Waals surface area contributed by atoms with Crippen molar-refractivity contribution >= 4 is 15.9 Å². The number of halogens is 1. The minimum absolute atomic E-state index is 0.612. The van der Waals surface area contributed by atoms with Crippen molar-refractivity contribution in [2.24, 2.45) is 0 Å². The van der Waals surface area contributed by atoms with Gasteiger partial charge in [0.25, 0.3) is 0 Å². The molecule has 0 N–H and O–H groups in total. The van der Waals surface area contributed by atoms with E-state index >= 15 is 0 Å². The lowest BCUT2D eigenvalue weighted by molar-refractivity contribution is 0.800. The molecule has 0 atom stereocenters. The Hall–Kier alpha value is -1.67. The summed E-state index contributed by atoms with van der Waals surface area (Å²) in [5, 5.41) is 16.2. The second-order valence-electron chi connectivity index (χ2n) is 2.63. The van der Waals surface area contributed by atoms with Crippen LogP contribution in [0.1, 0.15) is 5.56 Å². The van der Waals surface area contributed by atoms with Crippen LogP contribution in [0.4, 0.5) is 0 Å². The molecule has 1 aromatic heterocycles. The molecule has 14 heavy (non-hydrogen) atoms. The van der Waals surface area contributed by atoms with Crippen LogP contribution in [0.2, 0.25) is 0 Å². The van der Waals surface area contributed by atoms with E-state index in [-0.39, 0.29) is 0 Å². The zero-order valence-electron chi connectivity index (χ0n) is 7.05. The predicted molar refractivity (Wildman–Crippen MR) is 53.8 cm³/mol. The van der Waals surface area contributed by atoms with Gasteiger partial charge in [-0.2, -0.15) is 5.26 Å². The minimum Gasteiger partial charge on any atom is -0.220 e. The van der Waals surface area contributed by atoms with Gasteiger partial charge in [-0.3, -0.25) is 0 Å². The van der Waals surface area contributed by atoms with Crippen molar-refractivity contribution in [3.63, 3.8) is 0 Å². The molecule has 4 nitrogen and oxygen atoms in total. The fourth-order valence-corrected chi connectivity index (χ4v) is 1.66. The van der Waals surface area contributed by atoms with E-state index in [0.717, 1.165) is 10.2 Å². The van der Waals surface area contributed by atoms with Gasteiger partial charge in [-0.15, -0.1) is 5.10 Å². The first-order chi connectivity index (χ1) is 6.81. The molecular weight excluding hydrogens is 244 g/mol. The molecular formula is C9H5BrN4. The normalized spacial score (nSPS) is 9.71. The van der Waals surface area contributed by atoms with E-state index in [1.165, 1.54) is 0 Å². The average molecular weight is 249 g/mol. The van der Waals surface area contributed by atoms with Crippen molar-refractivity contribution in [1.29, 1.82) is 5.26 Å². The monoisotopic (exact) mass is 248 g/mol. The van der Waals surface area contributed by atoms with Crippen molar-refractivity contribution in [2.45, 2.75) is 0 Å². The van der Waals surface area contributed by atoms with Crippen molar-refractivity contribution in [1.82, 2.24) is 15.0 Å². The van der Waals surface area contributed by atoms with Gasteiger partial charge in [0.15, 0.2) is 0 Å². The standard InChI is InChI=1S/C9H5BrN4/c10-8-5-7(6-11)1-2-9(8)14-4-3-12-13-14/h1-5H. The lowest BCUT2D eigenvalue weighted by atomic mass is 10.2. The number of benzene rings is 1. The van der Waals surface area contributed by atoms with Gasteiger partial charge in [0.05, 0.1) is 29.7 Å². The third-order valence-electron chi connectivity index (χ3n) is 1.75. The Morgan fingerprint density at radius 1 is 1.43 bits per heavy atom. The maximum atomic E-state index is 8.68. The zero-order chi connectivity index (χ0) is 9.97. The summed E-state index contributed by atoms with van der Waals surface area (Å²) < 4.78 is 2.45. The number of nitriles is 1. The van der Waals surface area contributed by atoms with Crippen molar-refractivity contribution < 1.29 is 0 Å². The molecule has 0 aliphatic heterocycles. The van der Waals surface area contributed by atoms with E-state index in [2.05, 4.69) is 32.3 Å². The van der Waals surface area contributed by atoms with Gasteiger partial charge in [0.2, 0.25) is 0 Å². The molecule has 5 heteroatoms. The van der Waals surface area contributed by atoms with Crippen LogP contribution >= 0.6 is 15.9 Å².